The van der Waals surface area contributed by atoms with Crippen molar-refractivity contribution in [1.29, 1.82) is 0 Å². The van der Waals surface area contributed by atoms with Crippen LogP contribution in [-0.4, -0.2) is 35.9 Å². The highest BCUT2D eigenvalue weighted by Crippen LogP contribution is 2.14. The van der Waals surface area contributed by atoms with Crippen LogP contribution in [0.2, 0.25) is 0 Å². The second kappa shape index (κ2) is 7.05. The second-order valence-electron chi connectivity index (χ2n) is 6.37. The molecule has 21 heavy (non-hydrogen) atoms. The van der Waals surface area contributed by atoms with Gasteiger partial charge in [0.25, 0.3) is 5.91 Å². The molecule has 0 atom stereocenters. The summed E-state index contributed by atoms with van der Waals surface area (Å²) in [6.07, 6.45) is 3.29. The predicted molar refractivity (Wildman–Crippen MR) is 82.4 cm³/mol. The summed E-state index contributed by atoms with van der Waals surface area (Å²) in [5.74, 6) is -0.0176. The molecular formula is C17H25NO3. The number of amides is 1. The van der Waals surface area contributed by atoms with E-state index in [0.717, 1.165) is 38.0 Å². The Morgan fingerprint density at radius 3 is 2.48 bits per heavy atom. The largest absolute Gasteiger partial charge is 0.390 e. The van der Waals surface area contributed by atoms with Gasteiger partial charge in [0.05, 0.1) is 5.60 Å². The number of hydrogen-bond acceptors (Lipinski definition) is 3. The van der Waals surface area contributed by atoms with Gasteiger partial charge in [-0.1, -0.05) is 12.1 Å². The number of carbonyl (C=O) groups excluding carboxylic acids is 1. The van der Waals surface area contributed by atoms with Crippen LogP contribution in [0, 0.1) is 0 Å². The van der Waals surface area contributed by atoms with Crippen molar-refractivity contribution in [2.75, 3.05) is 13.2 Å². The van der Waals surface area contributed by atoms with Crippen molar-refractivity contribution >= 4 is 5.91 Å². The molecule has 0 aromatic heterocycles. The zero-order valence-corrected chi connectivity index (χ0v) is 12.9. The van der Waals surface area contributed by atoms with E-state index in [-0.39, 0.29) is 11.9 Å². The van der Waals surface area contributed by atoms with Crippen LogP contribution in [0.5, 0.6) is 0 Å². The molecule has 116 valence electrons. The quantitative estimate of drug-likeness (QED) is 0.875. The van der Waals surface area contributed by atoms with E-state index >= 15 is 0 Å². The van der Waals surface area contributed by atoms with Gasteiger partial charge in [-0.15, -0.1) is 0 Å². The number of aryl methyl sites for hydroxylation is 1. The molecule has 2 rings (SSSR count). The SMILES string of the molecule is CC(C)(O)CCc1ccc(C(=O)NC2CCOCC2)cc1. The average Bonchev–Trinajstić information content (AvgIpc) is 2.46. The summed E-state index contributed by atoms with van der Waals surface area (Å²) in [6.45, 7) is 5.06. The van der Waals surface area contributed by atoms with E-state index < -0.39 is 5.60 Å². The molecule has 1 aliphatic heterocycles. The molecule has 1 saturated heterocycles. The van der Waals surface area contributed by atoms with Crippen LogP contribution in [0.1, 0.15) is 49.0 Å². The van der Waals surface area contributed by atoms with Gasteiger partial charge in [0.15, 0.2) is 0 Å². The number of rotatable bonds is 5. The minimum absolute atomic E-state index is 0.0176. The third-order valence-corrected chi connectivity index (χ3v) is 3.80. The molecular weight excluding hydrogens is 266 g/mol. The average molecular weight is 291 g/mol. The fourth-order valence-corrected chi connectivity index (χ4v) is 2.38. The van der Waals surface area contributed by atoms with Crippen molar-refractivity contribution in [2.24, 2.45) is 0 Å². The Kier molecular flexibility index (Phi) is 5.37. The Balaban J connectivity index is 1.87. The number of nitrogens with one attached hydrogen (secondary N) is 1. The Labute approximate surface area is 126 Å². The molecule has 1 fully saturated rings. The molecule has 1 aliphatic rings. The molecule has 0 spiro atoms. The number of benzene rings is 1. The first-order valence-corrected chi connectivity index (χ1v) is 7.64. The fraction of sp³-hybridized carbons (Fsp3) is 0.588. The number of carbonyl (C=O) groups is 1. The first-order chi connectivity index (χ1) is 9.94. The molecule has 1 heterocycles. The summed E-state index contributed by atoms with van der Waals surface area (Å²) in [4.78, 5) is 12.1. The standard InChI is InChI=1S/C17H25NO3/c1-17(2,20)10-7-13-3-5-14(6-4-13)16(19)18-15-8-11-21-12-9-15/h3-6,15,20H,7-12H2,1-2H3,(H,18,19). The van der Waals surface area contributed by atoms with Crippen molar-refractivity contribution in [1.82, 2.24) is 5.32 Å². The highest BCUT2D eigenvalue weighted by molar-refractivity contribution is 5.94. The Morgan fingerprint density at radius 2 is 1.90 bits per heavy atom. The van der Waals surface area contributed by atoms with Crippen molar-refractivity contribution in [3.8, 4) is 0 Å². The fourth-order valence-electron chi connectivity index (χ4n) is 2.38. The van der Waals surface area contributed by atoms with Gasteiger partial charge in [-0.3, -0.25) is 4.79 Å². The number of hydrogen-bond donors (Lipinski definition) is 2. The molecule has 0 saturated carbocycles. The number of aliphatic hydroxyl groups is 1. The Morgan fingerprint density at radius 1 is 1.29 bits per heavy atom. The molecule has 0 aliphatic carbocycles. The monoisotopic (exact) mass is 291 g/mol. The third-order valence-electron chi connectivity index (χ3n) is 3.80. The van der Waals surface area contributed by atoms with Crippen LogP contribution in [0.15, 0.2) is 24.3 Å². The van der Waals surface area contributed by atoms with Gasteiger partial charge in [-0.05, 0) is 57.2 Å². The van der Waals surface area contributed by atoms with Gasteiger partial charge >= 0.3 is 0 Å². The summed E-state index contributed by atoms with van der Waals surface area (Å²) >= 11 is 0. The lowest BCUT2D eigenvalue weighted by molar-refractivity contribution is 0.0693. The normalized spacial score (nSPS) is 16.7. The summed E-state index contributed by atoms with van der Waals surface area (Å²) in [5.41, 5.74) is 1.17. The lowest BCUT2D eigenvalue weighted by Crippen LogP contribution is -2.38. The molecule has 0 radical (unpaired) electrons. The first-order valence-electron chi connectivity index (χ1n) is 7.64. The van der Waals surface area contributed by atoms with Gasteiger partial charge in [-0.2, -0.15) is 0 Å². The minimum Gasteiger partial charge on any atom is -0.390 e. The van der Waals surface area contributed by atoms with Crippen LogP contribution >= 0.6 is 0 Å². The molecule has 1 amide bonds. The minimum atomic E-state index is -0.654. The zero-order valence-electron chi connectivity index (χ0n) is 12.9. The topological polar surface area (TPSA) is 58.6 Å². The lowest BCUT2D eigenvalue weighted by Gasteiger charge is -2.23. The molecule has 0 unspecified atom stereocenters. The predicted octanol–water partition coefficient (Wildman–Crippen LogP) is 2.30. The summed E-state index contributed by atoms with van der Waals surface area (Å²) < 4.78 is 5.29. The van der Waals surface area contributed by atoms with Gasteiger partial charge in [0.2, 0.25) is 0 Å². The van der Waals surface area contributed by atoms with Crippen molar-refractivity contribution < 1.29 is 14.6 Å². The zero-order chi connectivity index (χ0) is 15.3. The van der Waals surface area contributed by atoms with Gasteiger partial charge < -0.3 is 15.2 Å². The number of ether oxygens (including phenoxy) is 1. The van der Waals surface area contributed by atoms with Crippen LogP contribution in [-0.2, 0) is 11.2 Å². The highest BCUT2D eigenvalue weighted by Gasteiger charge is 2.17. The van der Waals surface area contributed by atoms with Crippen LogP contribution in [0.3, 0.4) is 0 Å². The van der Waals surface area contributed by atoms with Gasteiger partial charge in [0, 0.05) is 24.8 Å². The summed E-state index contributed by atoms with van der Waals surface area (Å²) in [5, 5.41) is 12.8. The Bertz CT molecular complexity index is 456. The molecule has 4 heteroatoms. The summed E-state index contributed by atoms with van der Waals surface area (Å²) in [7, 11) is 0. The van der Waals surface area contributed by atoms with Crippen molar-refractivity contribution in [2.45, 2.75) is 51.2 Å². The maximum atomic E-state index is 12.1. The smallest absolute Gasteiger partial charge is 0.251 e. The lowest BCUT2D eigenvalue weighted by atomic mass is 9.98. The van der Waals surface area contributed by atoms with Crippen LogP contribution < -0.4 is 5.32 Å². The van der Waals surface area contributed by atoms with E-state index in [0.29, 0.717) is 12.0 Å². The van der Waals surface area contributed by atoms with Crippen molar-refractivity contribution in [3.05, 3.63) is 35.4 Å². The highest BCUT2D eigenvalue weighted by atomic mass is 16.5. The van der Waals surface area contributed by atoms with Crippen molar-refractivity contribution in [3.63, 3.8) is 0 Å². The second-order valence-corrected chi connectivity index (χ2v) is 6.37. The summed E-state index contributed by atoms with van der Waals surface area (Å²) in [6, 6.07) is 7.86. The first kappa shape index (κ1) is 16.0. The molecule has 4 nitrogen and oxygen atoms in total. The van der Waals surface area contributed by atoms with E-state index in [2.05, 4.69) is 5.32 Å². The van der Waals surface area contributed by atoms with E-state index in [1.165, 1.54) is 0 Å². The van der Waals surface area contributed by atoms with Gasteiger partial charge in [-0.25, -0.2) is 0 Å². The van der Waals surface area contributed by atoms with E-state index in [9.17, 15) is 9.90 Å². The maximum absolute atomic E-state index is 12.1. The van der Waals surface area contributed by atoms with Crippen LogP contribution in [0.25, 0.3) is 0 Å². The van der Waals surface area contributed by atoms with Crippen LogP contribution in [0.4, 0.5) is 0 Å². The van der Waals surface area contributed by atoms with E-state index in [1.807, 2.05) is 38.1 Å². The molecule has 1 aromatic rings. The molecule has 2 N–H and O–H groups in total. The van der Waals surface area contributed by atoms with Gasteiger partial charge in [0.1, 0.15) is 0 Å². The van der Waals surface area contributed by atoms with E-state index in [1.54, 1.807) is 0 Å². The third kappa shape index (κ3) is 5.48. The maximum Gasteiger partial charge on any atom is 0.251 e. The molecule has 0 bridgehead atoms. The molecule has 1 aromatic carbocycles. The van der Waals surface area contributed by atoms with E-state index in [4.69, 9.17) is 4.74 Å². The Hall–Kier alpha value is -1.39.